The average Bonchev–Trinajstić information content (AvgIpc) is 2.70. The summed E-state index contributed by atoms with van der Waals surface area (Å²) >= 11 is 1.63. The topological polar surface area (TPSA) is 55.0 Å². The fourth-order valence-electron chi connectivity index (χ4n) is 2.43. The van der Waals surface area contributed by atoms with Crippen LogP contribution in [0.1, 0.15) is 24.3 Å². The van der Waals surface area contributed by atoms with E-state index in [1.165, 1.54) is 19.3 Å². The molecule has 90 valence electrons. The number of fused-ring (bicyclic) bond motifs is 1. The number of nitrogens with two attached hydrogens (primary N) is 1. The van der Waals surface area contributed by atoms with E-state index in [9.17, 15) is 0 Å². The van der Waals surface area contributed by atoms with Gasteiger partial charge in [-0.25, -0.2) is 9.97 Å². The van der Waals surface area contributed by atoms with E-state index in [0.29, 0.717) is 0 Å². The van der Waals surface area contributed by atoms with Crippen LogP contribution in [-0.4, -0.2) is 23.1 Å². The number of hydrogen-bond acceptors (Lipinski definition) is 5. The molecule has 2 aromatic rings. The molecular weight excluding hydrogens is 232 g/mol. The highest BCUT2D eigenvalue weighted by atomic mass is 32.1. The predicted molar refractivity (Wildman–Crippen MR) is 72.6 cm³/mol. The van der Waals surface area contributed by atoms with Gasteiger partial charge in [-0.2, -0.15) is 0 Å². The summed E-state index contributed by atoms with van der Waals surface area (Å²) in [4.78, 5) is 12.3. The van der Waals surface area contributed by atoms with E-state index in [0.717, 1.165) is 39.8 Å². The molecule has 3 heterocycles. The van der Waals surface area contributed by atoms with Crippen LogP contribution in [0.25, 0.3) is 10.3 Å². The summed E-state index contributed by atoms with van der Waals surface area (Å²) < 4.78 is 0. The van der Waals surface area contributed by atoms with E-state index in [4.69, 9.17) is 5.73 Å². The van der Waals surface area contributed by atoms with Gasteiger partial charge in [0.15, 0.2) is 0 Å². The average molecular weight is 248 g/mol. The van der Waals surface area contributed by atoms with Crippen LogP contribution in [0.5, 0.6) is 0 Å². The summed E-state index contributed by atoms with van der Waals surface area (Å²) in [6, 6.07) is 0. The quantitative estimate of drug-likeness (QED) is 0.842. The summed E-state index contributed by atoms with van der Waals surface area (Å²) in [5.41, 5.74) is 8.92. The van der Waals surface area contributed by atoms with Gasteiger partial charge in [0, 0.05) is 13.1 Å². The highest BCUT2D eigenvalue weighted by molar-refractivity contribution is 7.18. The van der Waals surface area contributed by atoms with E-state index in [-0.39, 0.29) is 0 Å². The zero-order chi connectivity index (χ0) is 11.8. The Labute approximate surface area is 104 Å². The van der Waals surface area contributed by atoms with E-state index in [1.54, 1.807) is 17.5 Å². The summed E-state index contributed by atoms with van der Waals surface area (Å²) in [5, 5.41) is 1.05. The number of nitrogens with zero attached hydrogens (tertiary/aromatic N) is 3. The fraction of sp³-hybridized carbons (Fsp3) is 0.500. The van der Waals surface area contributed by atoms with Gasteiger partial charge in [-0.05, 0) is 26.2 Å². The molecule has 2 aromatic heterocycles. The zero-order valence-corrected chi connectivity index (χ0v) is 10.8. The first-order valence-corrected chi connectivity index (χ1v) is 6.84. The summed E-state index contributed by atoms with van der Waals surface area (Å²) in [7, 11) is 0. The Bertz CT molecular complexity index is 543. The van der Waals surface area contributed by atoms with E-state index < -0.39 is 0 Å². The standard InChI is InChI=1S/C12H16N4S/c1-8-15-10-11(16-5-3-2-4-6-16)9(13)7-14-12(10)17-8/h7H,2-6,13H2,1H3. The van der Waals surface area contributed by atoms with Crippen LogP contribution < -0.4 is 10.6 Å². The number of aryl methyl sites for hydroxylation is 1. The Morgan fingerprint density at radius 1 is 1.29 bits per heavy atom. The molecule has 4 nitrogen and oxygen atoms in total. The Morgan fingerprint density at radius 2 is 2.06 bits per heavy atom. The first-order chi connectivity index (χ1) is 8.25. The van der Waals surface area contributed by atoms with Crippen LogP contribution in [0, 0.1) is 6.92 Å². The second-order valence-electron chi connectivity index (χ2n) is 4.50. The molecule has 17 heavy (non-hydrogen) atoms. The van der Waals surface area contributed by atoms with Crippen molar-refractivity contribution in [3.63, 3.8) is 0 Å². The number of hydrogen-bond donors (Lipinski definition) is 1. The first kappa shape index (κ1) is 10.8. The number of nitrogen functional groups attached to an aromatic ring is 1. The van der Waals surface area contributed by atoms with Gasteiger partial charge in [-0.1, -0.05) is 11.3 Å². The predicted octanol–water partition coefficient (Wildman–Crippen LogP) is 2.57. The second-order valence-corrected chi connectivity index (χ2v) is 5.68. The molecule has 0 aromatic carbocycles. The molecule has 0 unspecified atom stereocenters. The molecule has 1 aliphatic heterocycles. The van der Waals surface area contributed by atoms with Crippen molar-refractivity contribution in [2.75, 3.05) is 23.7 Å². The maximum atomic E-state index is 6.09. The lowest BCUT2D eigenvalue weighted by Crippen LogP contribution is -2.30. The SMILES string of the molecule is Cc1nc2c(N3CCCCC3)c(N)cnc2s1. The van der Waals surface area contributed by atoms with Crippen molar-refractivity contribution in [2.45, 2.75) is 26.2 Å². The molecule has 3 rings (SSSR count). The molecule has 0 spiro atoms. The normalized spacial score (nSPS) is 16.6. The van der Waals surface area contributed by atoms with Gasteiger partial charge in [0.25, 0.3) is 0 Å². The lowest BCUT2D eigenvalue weighted by molar-refractivity contribution is 0.579. The smallest absolute Gasteiger partial charge is 0.145 e. The van der Waals surface area contributed by atoms with Crippen molar-refractivity contribution in [1.29, 1.82) is 0 Å². The molecule has 1 saturated heterocycles. The lowest BCUT2D eigenvalue weighted by Gasteiger charge is -2.29. The minimum absolute atomic E-state index is 0.754. The number of rotatable bonds is 1. The molecule has 0 radical (unpaired) electrons. The van der Waals surface area contributed by atoms with Crippen LogP contribution in [0.2, 0.25) is 0 Å². The summed E-state index contributed by atoms with van der Waals surface area (Å²) in [6.45, 7) is 4.18. The van der Waals surface area contributed by atoms with E-state index in [1.807, 2.05) is 6.92 Å². The van der Waals surface area contributed by atoms with Crippen LogP contribution in [0.4, 0.5) is 11.4 Å². The number of piperidine rings is 1. The third-order valence-electron chi connectivity index (χ3n) is 3.21. The Hall–Kier alpha value is -1.36. The Balaban J connectivity index is 2.14. The molecule has 2 N–H and O–H groups in total. The van der Waals surface area contributed by atoms with Crippen LogP contribution >= 0.6 is 11.3 Å². The van der Waals surface area contributed by atoms with Gasteiger partial charge in [0.1, 0.15) is 10.3 Å². The van der Waals surface area contributed by atoms with Gasteiger partial charge in [0.2, 0.25) is 0 Å². The van der Waals surface area contributed by atoms with Crippen molar-refractivity contribution in [3.05, 3.63) is 11.2 Å². The first-order valence-electron chi connectivity index (χ1n) is 6.02. The highest BCUT2D eigenvalue weighted by Crippen LogP contribution is 2.34. The molecule has 5 heteroatoms. The van der Waals surface area contributed by atoms with Crippen molar-refractivity contribution in [1.82, 2.24) is 9.97 Å². The van der Waals surface area contributed by atoms with E-state index in [2.05, 4.69) is 14.9 Å². The molecule has 0 amide bonds. The molecule has 0 saturated carbocycles. The Kier molecular flexibility index (Phi) is 2.63. The third kappa shape index (κ3) is 1.84. The van der Waals surface area contributed by atoms with Crippen LogP contribution in [0.15, 0.2) is 6.20 Å². The summed E-state index contributed by atoms with van der Waals surface area (Å²) in [6.07, 6.45) is 5.57. The minimum Gasteiger partial charge on any atom is -0.396 e. The molecular formula is C12H16N4S. The number of pyridine rings is 1. The van der Waals surface area contributed by atoms with Gasteiger partial charge in [-0.15, -0.1) is 0 Å². The van der Waals surface area contributed by atoms with Gasteiger partial charge in [0.05, 0.1) is 22.6 Å². The maximum absolute atomic E-state index is 6.09. The van der Waals surface area contributed by atoms with Crippen molar-refractivity contribution in [3.8, 4) is 0 Å². The number of anilines is 2. The van der Waals surface area contributed by atoms with Crippen molar-refractivity contribution >= 4 is 33.1 Å². The van der Waals surface area contributed by atoms with Gasteiger partial charge < -0.3 is 10.6 Å². The van der Waals surface area contributed by atoms with Gasteiger partial charge in [-0.3, -0.25) is 0 Å². The minimum atomic E-state index is 0.754. The van der Waals surface area contributed by atoms with E-state index >= 15 is 0 Å². The third-order valence-corrected chi connectivity index (χ3v) is 4.09. The monoisotopic (exact) mass is 248 g/mol. The Morgan fingerprint density at radius 3 is 2.82 bits per heavy atom. The number of thiazole rings is 1. The van der Waals surface area contributed by atoms with Crippen LogP contribution in [-0.2, 0) is 0 Å². The molecule has 0 aliphatic carbocycles. The van der Waals surface area contributed by atoms with Gasteiger partial charge >= 0.3 is 0 Å². The molecule has 0 bridgehead atoms. The second kappa shape index (κ2) is 4.14. The van der Waals surface area contributed by atoms with Crippen LogP contribution in [0.3, 0.4) is 0 Å². The summed E-state index contributed by atoms with van der Waals surface area (Å²) in [5.74, 6) is 0. The maximum Gasteiger partial charge on any atom is 0.145 e. The molecule has 1 fully saturated rings. The highest BCUT2D eigenvalue weighted by Gasteiger charge is 2.19. The zero-order valence-electron chi connectivity index (χ0n) is 9.94. The fourth-order valence-corrected chi connectivity index (χ4v) is 3.20. The molecule has 0 atom stereocenters. The number of aromatic nitrogens is 2. The van der Waals surface area contributed by atoms with Crippen molar-refractivity contribution < 1.29 is 0 Å². The lowest BCUT2D eigenvalue weighted by atomic mass is 10.1. The largest absolute Gasteiger partial charge is 0.396 e. The van der Waals surface area contributed by atoms with Crippen molar-refractivity contribution in [2.24, 2.45) is 0 Å². The molecule has 1 aliphatic rings.